The number of allylic oxidation sites excluding steroid dienone is 2. The SMILES string of the molecule is CCOC(=O)CN1C(=S)S/C(=C/C=C/N2CCCC2)C1O. The minimum atomic E-state index is -0.866. The van der Waals surface area contributed by atoms with E-state index in [2.05, 4.69) is 4.90 Å². The van der Waals surface area contributed by atoms with E-state index in [-0.39, 0.29) is 12.5 Å². The van der Waals surface area contributed by atoms with Crippen molar-refractivity contribution in [3.8, 4) is 0 Å². The van der Waals surface area contributed by atoms with Crippen molar-refractivity contribution in [1.29, 1.82) is 0 Å². The van der Waals surface area contributed by atoms with Gasteiger partial charge in [-0.1, -0.05) is 24.0 Å². The molecule has 2 saturated heterocycles. The summed E-state index contributed by atoms with van der Waals surface area (Å²) < 4.78 is 5.38. The Kier molecular flexibility index (Phi) is 6.08. The molecule has 1 atom stereocenters. The number of thiocarbonyl (C=S) groups is 1. The maximum absolute atomic E-state index is 11.5. The second-order valence-corrected chi connectivity index (χ2v) is 6.54. The fourth-order valence-electron chi connectivity index (χ4n) is 2.23. The van der Waals surface area contributed by atoms with Gasteiger partial charge >= 0.3 is 5.97 Å². The third-order valence-corrected chi connectivity index (χ3v) is 4.77. The zero-order valence-electron chi connectivity index (χ0n) is 12.0. The second-order valence-electron chi connectivity index (χ2n) is 4.83. The van der Waals surface area contributed by atoms with Crippen molar-refractivity contribution < 1.29 is 14.6 Å². The van der Waals surface area contributed by atoms with Crippen LogP contribution >= 0.6 is 24.0 Å². The molecule has 7 heteroatoms. The molecule has 2 fully saturated rings. The summed E-state index contributed by atoms with van der Waals surface area (Å²) >= 11 is 6.52. The van der Waals surface area contributed by atoms with Crippen LogP contribution in [0.5, 0.6) is 0 Å². The fourth-order valence-corrected chi connectivity index (χ4v) is 3.55. The van der Waals surface area contributed by atoms with Gasteiger partial charge in [-0.05, 0) is 38.1 Å². The summed E-state index contributed by atoms with van der Waals surface area (Å²) in [6.07, 6.45) is 7.41. The molecule has 2 heterocycles. The number of aliphatic hydroxyl groups is 1. The van der Waals surface area contributed by atoms with Gasteiger partial charge in [0.05, 0.1) is 6.61 Å². The first kappa shape index (κ1) is 16.3. The Morgan fingerprint density at radius 1 is 1.52 bits per heavy atom. The normalized spacial score (nSPS) is 24.6. The molecule has 1 unspecified atom stereocenters. The molecule has 2 rings (SSSR count). The summed E-state index contributed by atoms with van der Waals surface area (Å²) in [5.41, 5.74) is 0. The van der Waals surface area contributed by atoms with Crippen LogP contribution in [0.3, 0.4) is 0 Å². The molecule has 0 aromatic rings. The zero-order valence-corrected chi connectivity index (χ0v) is 13.7. The summed E-state index contributed by atoms with van der Waals surface area (Å²) in [5, 5.41) is 10.2. The van der Waals surface area contributed by atoms with Crippen molar-refractivity contribution in [1.82, 2.24) is 9.80 Å². The third kappa shape index (κ3) is 4.46. The Labute approximate surface area is 134 Å². The van der Waals surface area contributed by atoms with Crippen LogP contribution in [-0.4, -0.2) is 57.7 Å². The standard InChI is InChI=1S/C14H20N2O3S2/c1-2-19-12(17)10-16-13(18)11(21-14(16)20)6-5-9-15-7-3-4-8-15/h5-6,9,13,18H,2-4,7-8,10H2,1H3/b9-5+,11-6+. The van der Waals surface area contributed by atoms with Gasteiger partial charge in [0.15, 0.2) is 6.23 Å². The Hall–Kier alpha value is -1.05. The Balaban J connectivity index is 1.93. The van der Waals surface area contributed by atoms with Crippen LogP contribution < -0.4 is 0 Å². The summed E-state index contributed by atoms with van der Waals surface area (Å²) in [6, 6.07) is 0. The molecular weight excluding hydrogens is 308 g/mol. The molecule has 0 spiro atoms. The summed E-state index contributed by atoms with van der Waals surface area (Å²) in [6.45, 7) is 4.23. The third-order valence-electron chi connectivity index (χ3n) is 3.29. The highest BCUT2D eigenvalue weighted by atomic mass is 32.2. The number of carbonyl (C=O) groups excluding carboxylic acids is 1. The number of likely N-dealkylation sites (tertiary alicyclic amines) is 1. The molecule has 0 saturated carbocycles. The number of rotatable bonds is 5. The van der Waals surface area contributed by atoms with Crippen LogP contribution in [0, 0.1) is 0 Å². The van der Waals surface area contributed by atoms with Gasteiger partial charge in [0.1, 0.15) is 10.9 Å². The molecule has 116 valence electrons. The molecule has 1 N–H and O–H groups in total. The predicted molar refractivity (Wildman–Crippen MR) is 87.6 cm³/mol. The number of aliphatic hydroxyl groups excluding tert-OH is 1. The maximum Gasteiger partial charge on any atom is 0.325 e. The van der Waals surface area contributed by atoms with E-state index in [1.165, 1.54) is 29.5 Å². The van der Waals surface area contributed by atoms with E-state index in [1.54, 1.807) is 6.92 Å². The van der Waals surface area contributed by atoms with Gasteiger partial charge in [0.25, 0.3) is 0 Å². The van der Waals surface area contributed by atoms with Crippen LogP contribution in [0.1, 0.15) is 19.8 Å². The van der Waals surface area contributed by atoms with E-state index >= 15 is 0 Å². The van der Waals surface area contributed by atoms with Gasteiger partial charge in [-0.2, -0.15) is 0 Å². The predicted octanol–water partition coefficient (Wildman–Crippen LogP) is 1.70. The minimum absolute atomic E-state index is 0.0198. The average Bonchev–Trinajstić information content (AvgIpc) is 3.04. The van der Waals surface area contributed by atoms with Crippen LogP contribution in [0.4, 0.5) is 0 Å². The first-order valence-corrected chi connectivity index (χ1v) is 8.29. The minimum Gasteiger partial charge on any atom is -0.465 e. The lowest BCUT2D eigenvalue weighted by atomic mass is 10.4. The second kappa shape index (κ2) is 7.82. The molecule has 0 aromatic heterocycles. The molecular formula is C14H20N2O3S2. The van der Waals surface area contributed by atoms with Gasteiger partial charge in [0.2, 0.25) is 0 Å². The molecule has 0 aliphatic carbocycles. The largest absolute Gasteiger partial charge is 0.465 e. The van der Waals surface area contributed by atoms with E-state index in [0.717, 1.165) is 18.0 Å². The van der Waals surface area contributed by atoms with E-state index in [9.17, 15) is 9.90 Å². The van der Waals surface area contributed by atoms with Gasteiger partial charge in [-0.15, -0.1) is 0 Å². The van der Waals surface area contributed by atoms with Gasteiger partial charge < -0.3 is 19.6 Å². The summed E-state index contributed by atoms with van der Waals surface area (Å²) in [4.78, 5) is 16.0. The van der Waals surface area contributed by atoms with Crippen molar-refractivity contribution in [3.63, 3.8) is 0 Å². The van der Waals surface area contributed by atoms with Crippen LogP contribution in [0.15, 0.2) is 23.3 Å². The number of hydrogen-bond acceptors (Lipinski definition) is 6. The summed E-state index contributed by atoms with van der Waals surface area (Å²) in [5.74, 6) is -0.381. The molecule has 0 bridgehead atoms. The molecule has 0 amide bonds. The van der Waals surface area contributed by atoms with Crippen LogP contribution in [-0.2, 0) is 9.53 Å². The highest BCUT2D eigenvalue weighted by molar-refractivity contribution is 8.25. The quantitative estimate of drug-likeness (QED) is 0.609. The van der Waals surface area contributed by atoms with Crippen LogP contribution in [0.2, 0.25) is 0 Å². The van der Waals surface area contributed by atoms with Crippen molar-refractivity contribution in [2.75, 3.05) is 26.2 Å². The van der Waals surface area contributed by atoms with Crippen LogP contribution in [0.25, 0.3) is 0 Å². The average molecular weight is 328 g/mol. The van der Waals surface area contributed by atoms with Gasteiger partial charge in [0, 0.05) is 18.0 Å². The number of esters is 1. The van der Waals surface area contributed by atoms with Gasteiger partial charge in [-0.3, -0.25) is 4.79 Å². The molecule has 21 heavy (non-hydrogen) atoms. The first-order valence-electron chi connectivity index (χ1n) is 7.06. The zero-order chi connectivity index (χ0) is 15.2. The summed E-state index contributed by atoms with van der Waals surface area (Å²) in [7, 11) is 0. The molecule has 2 aliphatic heterocycles. The smallest absolute Gasteiger partial charge is 0.325 e. The Morgan fingerprint density at radius 3 is 2.90 bits per heavy atom. The van der Waals surface area contributed by atoms with Crippen molar-refractivity contribution in [2.24, 2.45) is 0 Å². The lowest BCUT2D eigenvalue weighted by molar-refractivity contribution is -0.144. The monoisotopic (exact) mass is 328 g/mol. The molecule has 0 radical (unpaired) electrons. The number of hydrogen-bond donors (Lipinski definition) is 1. The number of carbonyl (C=O) groups is 1. The first-order chi connectivity index (χ1) is 10.1. The van der Waals surface area contributed by atoms with Crippen molar-refractivity contribution >= 4 is 34.3 Å². The topological polar surface area (TPSA) is 53.0 Å². The highest BCUT2D eigenvalue weighted by Gasteiger charge is 2.33. The number of thioether (sulfide) groups is 1. The van der Waals surface area contributed by atoms with E-state index in [4.69, 9.17) is 17.0 Å². The molecule has 5 nitrogen and oxygen atoms in total. The van der Waals surface area contributed by atoms with Crippen molar-refractivity contribution in [2.45, 2.75) is 26.0 Å². The van der Waals surface area contributed by atoms with Gasteiger partial charge in [-0.25, -0.2) is 0 Å². The fraction of sp³-hybridized carbons (Fsp3) is 0.571. The van der Waals surface area contributed by atoms with E-state index in [0.29, 0.717) is 10.9 Å². The number of nitrogens with zero attached hydrogens (tertiary/aromatic N) is 2. The maximum atomic E-state index is 11.5. The lowest BCUT2D eigenvalue weighted by Gasteiger charge is -2.19. The van der Waals surface area contributed by atoms with E-state index < -0.39 is 6.23 Å². The Bertz CT molecular complexity index is 459. The van der Waals surface area contributed by atoms with E-state index in [1.807, 2.05) is 18.4 Å². The number of ether oxygens (including phenoxy) is 1. The highest BCUT2D eigenvalue weighted by Crippen LogP contribution is 2.34. The lowest BCUT2D eigenvalue weighted by Crippen LogP contribution is -2.37. The van der Waals surface area contributed by atoms with Crippen molar-refractivity contribution in [3.05, 3.63) is 23.3 Å². The molecule has 0 aromatic carbocycles. The Morgan fingerprint density at radius 2 is 2.24 bits per heavy atom. The molecule has 2 aliphatic rings.